The van der Waals surface area contributed by atoms with E-state index >= 15 is 0 Å². The quantitative estimate of drug-likeness (QED) is 0.388. The fraction of sp³-hybridized carbons (Fsp3) is 0.750. The average molecular weight is 425 g/mol. The first kappa shape index (κ1) is 26.4. The Morgan fingerprint density at radius 1 is 1.30 bits per heavy atom. The minimum absolute atomic E-state index is 0.185. The number of hydrogen-bond acceptors (Lipinski definition) is 6. The van der Waals surface area contributed by atoms with Crippen LogP contribution in [0.4, 0.5) is 0 Å². The van der Waals surface area contributed by atoms with Crippen LogP contribution in [-0.4, -0.2) is 48.1 Å². The van der Waals surface area contributed by atoms with E-state index in [1.165, 1.54) is 13.8 Å². The van der Waals surface area contributed by atoms with Gasteiger partial charge in [-0.3, -0.25) is 9.59 Å². The number of aliphatic hydroxyl groups is 1. The lowest BCUT2D eigenvalue weighted by Crippen LogP contribution is -2.43. The van der Waals surface area contributed by atoms with Crippen LogP contribution in [0.2, 0.25) is 0 Å². The second kappa shape index (κ2) is 12.9. The molecule has 1 fully saturated rings. The Kier molecular flexibility index (Phi) is 11.3. The van der Waals surface area contributed by atoms with Gasteiger partial charge in [-0.2, -0.15) is 0 Å². The molecule has 1 aliphatic heterocycles. The lowest BCUT2D eigenvalue weighted by molar-refractivity contribution is -0.167. The van der Waals surface area contributed by atoms with E-state index in [-0.39, 0.29) is 36.7 Å². The molecule has 6 heteroatoms. The Bertz CT molecular complexity index is 611. The van der Waals surface area contributed by atoms with E-state index in [0.717, 1.165) is 49.7 Å². The highest BCUT2D eigenvalue weighted by Crippen LogP contribution is 2.34. The Morgan fingerprint density at radius 3 is 2.60 bits per heavy atom. The van der Waals surface area contributed by atoms with Crippen molar-refractivity contribution in [3.05, 3.63) is 23.8 Å². The molecule has 0 radical (unpaired) electrons. The highest BCUT2D eigenvalue weighted by atomic mass is 16.6. The standard InChI is InChI=1S/C24H40O6/c1-17(2)9-11-22(27)18(3)8-7-14-24(6)23(30-20(5)26)12-10-21(16-29-24)13-15-28-19(4)25/h13,18,22-23,27H,1,7-12,14-16H2,2-6H3/t18?,22?,23-,24?/m1/s1. The molecule has 1 heterocycles. The fourth-order valence-electron chi connectivity index (χ4n) is 3.75. The highest BCUT2D eigenvalue weighted by molar-refractivity contribution is 5.66. The van der Waals surface area contributed by atoms with Gasteiger partial charge in [-0.1, -0.05) is 18.9 Å². The van der Waals surface area contributed by atoms with Gasteiger partial charge in [0, 0.05) is 13.8 Å². The summed E-state index contributed by atoms with van der Waals surface area (Å²) in [4.78, 5) is 22.6. The number of carbonyl (C=O) groups is 2. The van der Waals surface area contributed by atoms with Crippen LogP contribution in [0.15, 0.2) is 23.8 Å². The molecule has 172 valence electrons. The molecule has 0 bridgehead atoms. The molecule has 0 amide bonds. The van der Waals surface area contributed by atoms with E-state index in [1.807, 2.05) is 19.9 Å². The van der Waals surface area contributed by atoms with Crippen LogP contribution in [0.1, 0.15) is 79.6 Å². The summed E-state index contributed by atoms with van der Waals surface area (Å²) in [6.45, 7) is 13.4. The molecule has 4 atom stereocenters. The summed E-state index contributed by atoms with van der Waals surface area (Å²) in [5, 5.41) is 10.4. The molecule has 0 aromatic carbocycles. The summed E-state index contributed by atoms with van der Waals surface area (Å²) < 4.78 is 16.8. The Balaban J connectivity index is 2.68. The third kappa shape index (κ3) is 9.90. The van der Waals surface area contributed by atoms with Crippen molar-refractivity contribution < 1.29 is 28.9 Å². The zero-order chi connectivity index (χ0) is 22.7. The van der Waals surface area contributed by atoms with Crippen LogP contribution in [-0.2, 0) is 23.8 Å². The maximum Gasteiger partial charge on any atom is 0.303 e. The molecular weight excluding hydrogens is 384 g/mol. The molecule has 0 saturated carbocycles. The van der Waals surface area contributed by atoms with Crippen molar-refractivity contribution in [1.29, 1.82) is 0 Å². The van der Waals surface area contributed by atoms with Crippen LogP contribution in [0.3, 0.4) is 0 Å². The smallest absolute Gasteiger partial charge is 0.303 e. The molecule has 0 spiro atoms. The lowest BCUT2D eigenvalue weighted by Gasteiger charge is -2.35. The third-order valence-electron chi connectivity index (χ3n) is 5.82. The first-order valence-corrected chi connectivity index (χ1v) is 11.0. The Labute approximate surface area is 181 Å². The van der Waals surface area contributed by atoms with E-state index in [2.05, 4.69) is 13.5 Å². The molecule has 1 N–H and O–H groups in total. The van der Waals surface area contributed by atoms with Crippen molar-refractivity contribution in [1.82, 2.24) is 0 Å². The van der Waals surface area contributed by atoms with Crippen molar-refractivity contribution in [3.8, 4) is 0 Å². The van der Waals surface area contributed by atoms with Crippen LogP contribution in [0.25, 0.3) is 0 Å². The third-order valence-corrected chi connectivity index (χ3v) is 5.82. The van der Waals surface area contributed by atoms with Gasteiger partial charge in [-0.25, -0.2) is 0 Å². The van der Waals surface area contributed by atoms with E-state index in [9.17, 15) is 14.7 Å². The predicted molar refractivity (Wildman–Crippen MR) is 117 cm³/mol. The fourth-order valence-corrected chi connectivity index (χ4v) is 3.75. The molecule has 1 saturated heterocycles. The molecule has 6 nitrogen and oxygen atoms in total. The summed E-state index contributed by atoms with van der Waals surface area (Å²) in [6.07, 6.45) is 6.63. The summed E-state index contributed by atoms with van der Waals surface area (Å²) in [5.74, 6) is -0.445. The number of hydrogen-bond donors (Lipinski definition) is 1. The zero-order valence-corrected chi connectivity index (χ0v) is 19.4. The maximum atomic E-state index is 11.6. The number of carbonyl (C=O) groups excluding carboxylic acids is 2. The van der Waals surface area contributed by atoms with Crippen molar-refractivity contribution >= 4 is 11.9 Å². The number of esters is 2. The van der Waals surface area contributed by atoms with Crippen LogP contribution in [0, 0.1) is 5.92 Å². The second-order valence-corrected chi connectivity index (χ2v) is 8.84. The number of ether oxygens (including phenoxy) is 3. The molecule has 30 heavy (non-hydrogen) atoms. The van der Waals surface area contributed by atoms with E-state index in [0.29, 0.717) is 13.0 Å². The summed E-state index contributed by atoms with van der Waals surface area (Å²) in [7, 11) is 0. The normalized spacial score (nSPS) is 25.3. The van der Waals surface area contributed by atoms with E-state index in [1.54, 1.807) is 0 Å². The lowest BCUT2D eigenvalue weighted by atomic mass is 9.86. The number of allylic oxidation sites excluding steroid dienone is 1. The first-order valence-electron chi connectivity index (χ1n) is 11.0. The van der Waals surface area contributed by atoms with Gasteiger partial charge in [-0.05, 0) is 69.9 Å². The van der Waals surface area contributed by atoms with Gasteiger partial charge in [0.2, 0.25) is 0 Å². The van der Waals surface area contributed by atoms with Gasteiger partial charge >= 0.3 is 11.9 Å². The summed E-state index contributed by atoms with van der Waals surface area (Å²) in [5.41, 5.74) is 1.54. The molecular formula is C24H40O6. The van der Waals surface area contributed by atoms with Gasteiger partial charge in [0.1, 0.15) is 18.3 Å². The second-order valence-electron chi connectivity index (χ2n) is 8.84. The minimum Gasteiger partial charge on any atom is -0.462 e. The van der Waals surface area contributed by atoms with Crippen molar-refractivity contribution in [3.63, 3.8) is 0 Å². The topological polar surface area (TPSA) is 82.1 Å². The maximum absolute atomic E-state index is 11.6. The molecule has 1 rings (SSSR count). The van der Waals surface area contributed by atoms with Crippen molar-refractivity contribution in [2.24, 2.45) is 5.92 Å². The Hall–Kier alpha value is -1.66. The zero-order valence-electron chi connectivity index (χ0n) is 19.4. The van der Waals surface area contributed by atoms with Gasteiger partial charge < -0.3 is 19.3 Å². The highest BCUT2D eigenvalue weighted by Gasteiger charge is 2.39. The Morgan fingerprint density at radius 2 is 2.00 bits per heavy atom. The SMILES string of the molecule is C=C(C)CCC(O)C(C)CCCC1(C)OCC(=CCOC(C)=O)CC[C@H]1OC(C)=O. The average Bonchev–Trinajstić information content (AvgIpc) is 2.79. The number of rotatable bonds is 11. The van der Waals surface area contributed by atoms with E-state index in [4.69, 9.17) is 14.2 Å². The summed E-state index contributed by atoms with van der Waals surface area (Å²) >= 11 is 0. The summed E-state index contributed by atoms with van der Waals surface area (Å²) in [6, 6.07) is 0. The monoisotopic (exact) mass is 424 g/mol. The predicted octanol–water partition coefficient (Wildman–Crippen LogP) is 4.50. The first-order chi connectivity index (χ1) is 14.0. The number of aliphatic hydroxyl groups excluding tert-OH is 1. The molecule has 0 aliphatic carbocycles. The van der Waals surface area contributed by atoms with Crippen LogP contribution in [0.5, 0.6) is 0 Å². The minimum atomic E-state index is -0.592. The van der Waals surface area contributed by atoms with Gasteiger partial charge in [0.25, 0.3) is 0 Å². The molecule has 3 unspecified atom stereocenters. The van der Waals surface area contributed by atoms with Crippen molar-refractivity contribution in [2.75, 3.05) is 13.2 Å². The van der Waals surface area contributed by atoms with Crippen LogP contribution < -0.4 is 0 Å². The van der Waals surface area contributed by atoms with Gasteiger partial charge in [0.15, 0.2) is 0 Å². The van der Waals surface area contributed by atoms with Gasteiger partial charge in [-0.15, -0.1) is 6.58 Å². The van der Waals surface area contributed by atoms with Crippen molar-refractivity contribution in [2.45, 2.75) is 97.4 Å². The molecule has 0 aromatic rings. The molecule has 0 aromatic heterocycles. The van der Waals surface area contributed by atoms with Gasteiger partial charge in [0.05, 0.1) is 12.7 Å². The van der Waals surface area contributed by atoms with Crippen LogP contribution >= 0.6 is 0 Å². The largest absolute Gasteiger partial charge is 0.462 e. The van der Waals surface area contributed by atoms with E-state index < -0.39 is 5.60 Å². The molecule has 1 aliphatic rings.